The smallest absolute Gasteiger partial charge is 0.246 e. The minimum Gasteiger partial charge on any atom is -0.343 e. The van der Waals surface area contributed by atoms with Gasteiger partial charge < -0.3 is 9.84 Å². The maximum absolute atomic E-state index is 12.2. The Morgan fingerprint density at radius 3 is 2.73 bits per heavy atom. The fraction of sp³-hybridized carbons (Fsp3) is 0.0952. The molecule has 0 saturated carbocycles. The lowest BCUT2D eigenvalue weighted by Crippen LogP contribution is -2.20. The Hall–Kier alpha value is -3.78. The van der Waals surface area contributed by atoms with Crippen molar-refractivity contribution in [1.82, 2.24) is 30.2 Å². The fourth-order valence-corrected chi connectivity index (χ4v) is 3.10. The van der Waals surface area contributed by atoms with Crippen LogP contribution in [-0.2, 0) is 11.3 Å². The predicted molar refractivity (Wildman–Crippen MR) is 112 cm³/mol. The molecule has 0 aliphatic rings. The third-order valence-electron chi connectivity index (χ3n) is 4.27. The van der Waals surface area contributed by atoms with E-state index in [-0.39, 0.29) is 12.5 Å². The molecule has 3 aromatic heterocycles. The Kier molecular flexibility index (Phi) is 5.67. The number of pyridine rings is 1. The first kappa shape index (κ1) is 19.5. The van der Waals surface area contributed by atoms with E-state index >= 15 is 0 Å². The normalized spacial score (nSPS) is 11.1. The molecule has 0 atom stereocenters. The van der Waals surface area contributed by atoms with Crippen molar-refractivity contribution in [3.63, 3.8) is 0 Å². The highest BCUT2D eigenvalue weighted by molar-refractivity contribution is 6.31. The second-order valence-corrected chi connectivity index (χ2v) is 6.69. The molecule has 0 saturated heterocycles. The first-order chi connectivity index (χ1) is 14.6. The number of rotatable bonds is 6. The van der Waals surface area contributed by atoms with Gasteiger partial charge >= 0.3 is 0 Å². The minimum atomic E-state index is -0.318. The number of nitrogens with zero attached hydrogens (tertiary/aromatic N) is 5. The van der Waals surface area contributed by atoms with E-state index in [1.165, 1.54) is 6.08 Å². The highest BCUT2D eigenvalue weighted by atomic mass is 35.5. The molecular formula is C21H17ClN6O2. The molecule has 4 aromatic rings. The Morgan fingerprint density at radius 2 is 1.97 bits per heavy atom. The van der Waals surface area contributed by atoms with Gasteiger partial charge in [0.2, 0.25) is 17.6 Å². The van der Waals surface area contributed by atoms with E-state index in [1.807, 2.05) is 37.3 Å². The first-order valence-corrected chi connectivity index (χ1v) is 9.49. The van der Waals surface area contributed by atoms with Crippen LogP contribution in [-0.4, -0.2) is 30.8 Å². The van der Waals surface area contributed by atoms with Crippen LogP contribution in [0, 0.1) is 6.92 Å². The van der Waals surface area contributed by atoms with Crippen LogP contribution in [0.15, 0.2) is 65.5 Å². The molecule has 0 radical (unpaired) electrons. The Bertz CT molecular complexity index is 1180. The molecule has 8 nitrogen and oxygen atoms in total. The van der Waals surface area contributed by atoms with E-state index in [0.29, 0.717) is 28.1 Å². The van der Waals surface area contributed by atoms with Crippen molar-refractivity contribution in [3.05, 3.63) is 83.2 Å². The van der Waals surface area contributed by atoms with Crippen molar-refractivity contribution in [2.24, 2.45) is 0 Å². The zero-order valence-corrected chi connectivity index (χ0v) is 16.7. The highest BCUT2D eigenvalue weighted by Gasteiger charge is 2.13. The molecule has 3 heterocycles. The number of nitrogens with one attached hydrogen (secondary N) is 1. The average Bonchev–Trinajstić information content (AvgIpc) is 3.37. The third-order valence-corrected chi connectivity index (χ3v) is 4.63. The Labute approximate surface area is 177 Å². The van der Waals surface area contributed by atoms with Gasteiger partial charge in [0.25, 0.3) is 0 Å². The van der Waals surface area contributed by atoms with Crippen molar-refractivity contribution >= 4 is 23.6 Å². The maximum atomic E-state index is 12.2. The number of hydrogen-bond acceptors (Lipinski definition) is 6. The molecule has 30 heavy (non-hydrogen) atoms. The second kappa shape index (κ2) is 8.71. The van der Waals surface area contributed by atoms with Gasteiger partial charge in [-0.15, -0.1) is 0 Å². The molecule has 0 aliphatic carbocycles. The lowest BCUT2D eigenvalue weighted by atomic mass is 10.2. The lowest BCUT2D eigenvalue weighted by Gasteiger charge is -2.02. The standard InChI is InChI=1S/C21H17ClN6O2/c1-14-17(20(22)28(26-14)16-5-3-2-4-6-16)7-8-18(29)24-13-19-25-21(27-30-19)15-9-11-23-12-10-15/h2-12H,13H2,1H3,(H,24,29)/b8-7+. The van der Waals surface area contributed by atoms with Gasteiger partial charge in [0.05, 0.1) is 17.9 Å². The molecule has 0 aliphatic heterocycles. The summed E-state index contributed by atoms with van der Waals surface area (Å²) in [6.07, 6.45) is 6.32. The first-order valence-electron chi connectivity index (χ1n) is 9.11. The van der Waals surface area contributed by atoms with Gasteiger partial charge in [0.15, 0.2) is 0 Å². The van der Waals surface area contributed by atoms with E-state index in [9.17, 15) is 4.79 Å². The molecular weight excluding hydrogens is 404 g/mol. The summed E-state index contributed by atoms with van der Waals surface area (Å²) in [5.74, 6) is 0.421. The SMILES string of the molecule is Cc1nn(-c2ccccc2)c(Cl)c1/C=C/C(=O)NCc1nc(-c2ccncc2)no1. The number of hydrogen-bond donors (Lipinski definition) is 1. The van der Waals surface area contributed by atoms with Gasteiger partial charge in [-0.05, 0) is 37.3 Å². The minimum absolute atomic E-state index is 0.108. The van der Waals surface area contributed by atoms with Crippen molar-refractivity contribution in [3.8, 4) is 17.1 Å². The monoisotopic (exact) mass is 420 g/mol. The quantitative estimate of drug-likeness (QED) is 0.478. The molecule has 1 N–H and O–H groups in total. The van der Waals surface area contributed by atoms with Gasteiger partial charge in [-0.2, -0.15) is 10.1 Å². The van der Waals surface area contributed by atoms with Gasteiger partial charge in [-0.25, -0.2) is 4.68 Å². The molecule has 0 unspecified atom stereocenters. The van der Waals surface area contributed by atoms with Crippen LogP contribution in [0.5, 0.6) is 0 Å². The summed E-state index contributed by atoms with van der Waals surface area (Å²) < 4.78 is 6.80. The molecule has 150 valence electrons. The average molecular weight is 421 g/mol. The van der Waals surface area contributed by atoms with E-state index in [0.717, 1.165) is 11.3 Å². The Morgan fingerprint density at radius 1 is 1.20 bits per heavy atom. The number of para-hydroxylation sites is 1. The summed E-state index contributed by atoms with van der Waals surface area (Å²) in [7, 11) is 0. The van der Waals surface area contributed by atoms with Crippen molar-refractivity contribution in [2.45, 2.75) is 13.5 Å². The van der Waals surface area contributed by atoms with Crippen LogP contribution in [0.2, 0.25) is 5.15 Å². The summed E-state index contributed by atoms with van der Waals surface area (Å²) >= 11 is 6.46. The summed E-state index contributed by atoms with van der Waals surface area (Å²) in [6.45, 7) is 1.94. The van der Waals surface area contributed by atoms with E-state index in [1.54, 1.807) is 35.3 Å². The third kappa shape index (κ3) is 4.28. The predicted octanol–water partition coefficient (Wildman–Crippen LogP) is 3.61. The maximum Gasteiger partial charge on any atom is 0.246 e. The van der Waals surface area contributed by atoms with E-state index < -0.39 is 0 Å². The topological polar surface area (TPSA) is 98.7 Å². The molecule has 9 heteroatoms. The zero-order chi connectivity index (χ0) is 20.9. The summed E-state index contributed by atoms with van der Waals surface area (Å²) in [4.78, 5) is 20.4. The summed E-state index contributed by atoms with van der Waals surface area (Å²) in [6, 6.07) is 13.1. The van der Waals surface area contributed by atoms with E-state index in [4.69, 9.17) is 16.1 Å². The van der Waals surface area contributed by atoms with Crippen LogP contribution in [0.25, 0.3) is 23.2 Å². The van der Waals surface area contributed by atoms with Crippen LogP contribution in [0.3, 0.4) is 0 Å². The highest BCUT2D eigenvalue weighted by Crippen LogP contribution is 2.24. The number of carbonyl (C=O) groups is 1. The van der Waals surface area contributed by atoms with Gasteiger partial charge in [0, 0.05) is 29.6 Å². The van der Waals surface area contributed by atoms with E-state index in [2.05, 4.69) is 25.5 Å². The lowest BCUT2D eigenvalue weighted by molar-refractivity contribution is -0.116. The number of amides is 1. The fourth-order valence-electron chi connectivity index (χ4n) is 2.77. The molecule has 0 spiro atoms. The Balaban J connectivity index is 1.40. The van der Waals surface area contributed by atoms with Crippen LogP contribution >= 0.6 is 11.6 Å². The summed E-state index contributed by atoms with van der Waals surface area (Å²) in [5.41, 5.74) is 3.02. The van der Waals surface area contributed by atoms with Crippen molar-refractivity contribution in [1.29, 1.82) is 0 Å². The molecule has 1 aromatic carbocycles. The van der Waals surface area contributed by atoms with Gasteiger partial charge in [-0.3, -0.25) is 9.78 Å². The molecule has 0 bridgehead atoms. The van der Waals surface area contributed by atoms with Crippen LogP contribution in [0.1, 0.15) is 17.1 Å². The van der Waals surface area contributed by atoms with Gasteiger partial charge in [0.1, 0.15) is 5.15 Å². The second-order valence-electron chi connectivity index (χ2n) is 6.34. The number of halogens is 1. The number of carbonyl (C=O) groups excluding carboxylic acids is 1. The molecule has 4 rings (SSSR count). The largest absolute Gasteiger partial charge is 0.343 e. The number of aromatic nitrogens is 5. The van der Waals surface area contributed by atoms with Crippen molar-refractivity contribution in [2.75, 3.05) is 0 Å². The summed E-state index contributed by atoms with van der Waals surface area (Å²) in [5, 5.41) is 11.5. The van der Waals surface area contributed by atoms with Crippen LogP contribution in [0.4, 0.5) is 0 Å². The molecule has 1 amide bonds. The number of benzene rings is 1. The number of aryl methyl sites for hydroxylation is 1. The van der Waals surface area contributed by atoms with Gasteiger partial charge in [-0.1, -0.05) is 35.0 Å². The zero-order valence-electron chi connectivity index (χ0n) is 16.0. The van der Waals surface area contributed by atoms with Crippen molar-refractivity contribution < 1.29 is 9.32 Å². The van der Waals surface area contributed by atoms with Crippen LogP contribution < -0.4 is 5.32 Å². The molecule has 0 fully saturated rings.